The number of rotatable bonds is 9. The number of Topliss-reactive ketones (excluding diaryl/α,β-unsaturated/α-hetero) is 1. The summed E-state index contributed by atoms with van der Waals surface area (Å²) in [5.41, 5.74) is 3.99. The zero-order chi connectivity index (χ0) is 24.0. The lowest BCUT2D eigenvalue weighted by molar-refractivity contribution is 0.0939. The first kappa shape index (κ1) is 23.0. The third-order valence-corrected chi connectivity index (χ3v) is 6.68. The van der Waals surface area contributed by atoms with Crippen LogP contribution in [0.2, 0.25) is 0 Å². The molecule has 3 aromatic heterocycles. The Bertz CT molecular complexity index is 1260. The van der Waals surface area contributed by atoms with E-state index in [1.54, 1.807) is 12.4 Å². The largest absolute Gasteiger partial charge is 0.291 e. The molecule has 1 aliphatic rings. The van der Waals surface area contributed by atoms with Crippen LogP contribution in [0.3, 0.4) is 0 Å². The summed E-state index contributed by atoms with van der Waals surface area (Å²) in [6.45, 7) is 2.86. The van der Waals surface area contributed by atoms with Crippen LogP contribution in [0.1, 0.15) is 73.9 Å². The second kappa shape index (κ2) is 10.7. The predicted octanol–water partition coefficient (Wildman–Crippen LogP) is 4.67. The topological polar surface area (TPSA) is 115 Å². The van der Waals surface area contributed by atoms with E-state index < -0.39 is 0 Å². The van der Waals surface area contributed by atoms with Crippen LogP contribution in [0, 0.1) is 5.92 Å². The van der Waals surface area contributed by atoms with Gasteiger partial charge in [0.05, 0.1) is 0 Å². The molecule has 0 spiro atoms. The van der Waals surface area contributed by atoms with Crippen molar-refractivity contribution in [1.29, 1.82) is 0 Å². The third kappa shape index (κ3) is 5.34. The normalized spacial score (nSPS) is 14.3. The van der Waals surface area contributed by atoms with Crippen LogP contribution in [-0.4, -0.2) is 46.2 Å². The summed E-state index contributed by atoms with van der Waals surface area (Å²) in [6.07, 6.45) is 11.7. The summed E-state index contributed by atoms with van der Waals surface area (Å²) < 4.78 is 1.90. The second-order valence-electron chi connectivity index (χ2n) is 9.25. The lowest BCUT2D eigenvalue weighted by Gasteiger charge is -2.19. The lowest BCUT2D eigenvalue weighted by atomic mass is 9.86. The van der Waals surface area contributed by atoms with Crippen molar-refractivity contribution in [2.24, 2.45) is 5.92 Å². The predicted molar refractivity (Wildman–Crippen MR) is 131 cm³/mol. The number of aryl methyl sites for hydroxylation is 1. The molecule has 0 saturated heterocycles. The molecule has 35 heavy (non-hydrogen) atoms. The van der Waals surface area contributed by atoms with Gasteiger partial charge in [0.1, 0.15) is 5.82 Å². The SMILES string of the molecule is CCCn1nc(C(=O)CC2CCCCC2)nc1Cc1ccc(-c2ccncc2-c2nnn[nH]2)cc1. The molecular weight excluding hydrogens is 440 g/mol. The van der Waals surface area contributed by atoms with Crippen molar-refractivity contribution < 1.29 is 4.79 Å². The summed E-state index contributed by atoms with van der Waals surface area (Å²) in [6, 6.07) is 10.3. The molecule has 1 aromatic carbocycles. The summed E-state index contributed by atoms with van der Waals surface area (Å²) in [7, 11) is 0. The van der Waals surface area contributed by atoms with Gasteiger partial charge in [-0.2, -0.15) is 0 Å². The number of carbonyl (C=O) groups is 1. The second-order valence-corrected chi connectivity index (χ2v) is 9.25. The first-order chi connectivity index (χ1) is 17.2. The van der Waals surface area contributed by atoms with E-state index in [0.29, 0.717) is 30.4 Å². The minimum absolute atomic E-state index is 0.0791. The number of tetrazole rings is 1. The van der Waals surface area contributed by atoms with Crippen LogP contribution in [0.4, 0.5) is 0 Å². The first-order valence-electron chi connectivity index (χ1n) is 12.5. The molecule has 1 fully saturated rings. The molecular formula is C26H30N8O. The number of hydrogen-bond donors (Lipinski definition) is 1. The standard InChI is InChI=1S/C26H30N8O/c1-2-14-34-24(28-26(31-34)23(35)15-18-6-4-3-5-7-18)16-19-8-10-20(11-9-19)21-12-13-27-17-22(21)25-29-32-33-30-25/h8-13,17-18H,2-7,14-16H2,1H3,(H,29,30,32,33). The molecule has 180 valence electrons. The highest BCUT2D eigenvalue weighted by Gasteiger charge is 2.22. The number of pyridine rings is 1. The molecule has 1 N–H and O–H groups in total. The van der Waals surface area contributed by atoms with Crippen molar-refractivity contribution in [3.63, 3.8) is 0 Å². The van der Waals surface area contributed by atoms with Gasteiger partial charge >= 0.3 is 0 Å². The molecule has 1 aliphatic carbocycles. The molecule has 9 nitrogen and oxygen atoms in total. The van der Waals surface area contributed by atoms with E-state index in [4.69, 9.17) is 0 Å². The number of benzene rings is 1. The van der Waals surface area contributed by atoms with Crippen LogP contribution in [0.5, 0.6) is 0 Å². The van der Waals surface area contributed by atoms with Gasteiger partial charge in [-0.15, -0.1) is 10.2 Å². The Morgan fingerprint density at radius 1 is 1.09 bits per heavy atom. The van der Waals surface area contributed by atoms with Gasteiger partial charge in [0.25, 0.3) is 0 Å². The van der Waals surface area contributed by atoms with Gasteiger partial charge < -0.3 is 0 Å². The van der Waals surface area contributed by atoms with E-state index in [-0.39, 0.29) is 5.78 Å². The summed E-state index contributed by atoms with van der Waals surface area (Å²) in [4.78, 5) is 21.8. The number of carbonyl (C=O) groups excluding carboxylic acids is 1. The van der Waals surface area contributed by atoms with Crippen LogP contribution in [0.15, 0.2) is 42.7 Å². The maximum Gasteiger partial charge on any atom is 0.217 e. The Hall–Kier alpha value is -3.75. The van der Waals surface area contributed by atoms with E-state index in [0.717, 1.165) is 53.9 Å². The van der Waals surface area contributed by atoms with E-state index in [9.17, 15) is 4.79 Å². The van der Waals surface area contributed by atoms with E-state index in [2.05, 4.69) is 66.9 Å². The maximum absolute atomic E-state index is 12.9. The molecule has 4 aromatic rings. The fourth-order valence-corrected chi connectivity index (χ4v) is 4.85. The van der Waals surface area contributed by atoms with Gasteiger partial charge in [-0.1, -0.05) is 63.3 Å². The first-order valence-corrected chi connectivity index (χ1v) is 12.5. The fourth-order valence-electron chi connectivity index (χ4n) is 4.85. The number of nitrogens with zero attached hydrogens (tertiary/aromatic N) is 7. The number of aromatic nitrogens is 8. The summed E-state index contributed by atoms with van der Waals surface area (Å²) >= 11 is 0. The highest BCUT2D eigenvalue weighted by atomic mass is 16.1. The number of hydrogen-bond acceptors (Lipinski definition) is 7. The molecule has 0 radical (unpaired) electrons. The molecule has 3 heterocycles. The Morgan fingerprint density at radius 3 is 2.66 bits per heavy atom. The van der Waals surface area contributed by atoms with Gasteiger partial charge in [0.2, 0.25) is 11.6 Å². The van der Waals surface area contributed by atoms with Gasteiger partial charge in [-0.05, 0) is 45.5 Å². The summed E-state index contributed by atoms with van der Waals surface area (Å²) in [5, 5.41) is 18.8. The highest BCUT2D eigenvalue weighted by molar-refractivity contribution is 5.92. The van der Waals surface area contributed by atoms with Gasteiger partial charge in [-0.3, -0.25) is 9.78 Å². The zero-order valence-corrected chi connectivity index (χ0v) is 20.0. The van der Waals surface area contributed by atoms with Crippen LogP contribution >= 0.6 is 0 Å². The van der Waals surface area contributed by atoms with Crippen LogP contribution in [-0.2, 0) is 13.0 Å². The third-order valence-electron chi connectivity index (χ3n) is 6.68. The minimum Gasteiger partial charge on any atom is -0.291 e. The molecule has 0 aliphatic heterocycles. The average Bonchev–Trinajstić information content (AvgIpc) is 3.56. The smallest absolute Gasteiger partial charge is 0.217 e. The monoisotopic (exact) mass is 470 g/mol. The summed E-state index contributed by atoms with van der Waals surface area (Å²) in [5.74, 6) is 2.35. The van der Waals surface area contributed by atoms with Gasteiger partial charge in [0.15, 0.2) is 5.82 Å². The Kier molecular flexibility index (Phi) is 7.02. The van der Waals surface area contributed by atoms with Crippen molar-refractivity contribution in [2.45, 2.75) is 64.8 Å². The van der Waals surface area contributed by atoms with Crippen molar-refractivity contribution in [3.05, 3.63) is 59.9 Å². The molecule has 1 saturated carbocycles. The molecule has 5 rings (SSSR count). The Labute approximate surface area is 204 Å². The Morgan fingerprint density at radius 2 is 1.91 bits per heavy atom. The number of H-pyrrole nitrogens is 1. The van der Waals surface area contributed by atoms with Gasteiger partial charge in [-0.25, -0.2) is 14.8 Å². The van der Waals surface area contributed by atoms with E-state index in [1.165, 1.54) is 19.3 Å². The van der Waals surface area contributed by atoms with Crippen molar-refractivity contribution in [1.82, 2.24) is 40.4 Å². The fraction of sp³-hybridized carbons (Fsp3) is 0.423. The van der Waals surface area contributed by atoms with E-state index in [1.807, 2.05) is 10.7 Å². The highest BCUT2D eigenvalue weighted by Crippen LogP contribution is 2.30. The number of aromatic amines is 1. The molecule has 0 atom stereocenters. The molecule has 0 amide bonds. The minimum atomic E-state index is 0.0791. The number of ketones is 1. The molecule has 0 bridgehead atoms. The van der Waals surface area contributed by atoms with Crippen LogP contribution < -0.4 is 0 Å². The Balaban J connectivity index is 1.34. The van der Waals surface area contributed by atoms with Crippen LogP contribution in [0.25, 0.3) is 22.5 Å². The molecule has 0 unspecified atom stereocenters. The van der Waals surface area contributed by atoms with Gasteiger partial charge in [0, 0.05) is 37.3 Å². The maximum atomic E-state index is 12.9. The van der Waals surface area contributed by atoms with E-state index >= 15 is 0 Å². The zero-order valence-electron chi connectivity index (χ0n) is 20.0. The molecule has 9 heteroatoms. The van der Waals surface area contributed by atoms with Crippen molar-refractivity contribution in [3.8, 4) is 22.5 Å². The lowest BCUT2D eigenvalue weighted by Crippen LogP contribution is -2.13. The van der Waals surface area contributed by atoms with Crippen molar-refractivity contribution >= 4 is 5.78 Å². The quantitative estimate of drug-likeness (QED) is 0.353. The van der Waals surface area contributed by atoms with Crippen molar-refractivity contribution in [2.75, 3.05) is 0 Å². The average molecular weight is 471 g/mol. The number of nitrogens with one attached hydrogen (secondary N) is 1.